The number of carbonyl (C=O) groups excluding carboxylic acids is 1. The molecule has 0 saturated carbocycles. The fourth-order valence-corrected chi connectivity index (χ4v) is 3.88. The van der Waals surface area contributed by atoms with Crippen LogP contribution in [0.3, 0.4) is 0 Å². The average Bonchev–Trinajstić information content (AvgIpc) is 2.62. The zero-order chi connectivity index (χ0) is 13.9. The Morgan fingerprint density at radius 3 is 2.61 bits per heavy atom. The number of carbonyl (C=O) groups is 1. The molecule has 0 spiro atoms. The first-order chi connectivity index (χ1) is 8.32. The van der Waals surface area contributed by atoms with Gasteiger partial charge in [-0.15, -0.1) is 17.9 Å². The van der Waals surface area contributed by atoms with Gasteiger partial charge in [0.25, 0.3) is 5.91 Å². The SMILES string of the molecule is C=CCNc1sc(C(=O)NC)c(N)c1S(C)(=O)=O. The van der Waals surface area contributed by atoms with Gasteiger partial charge in [0.15, 0.2) is 9.84 Å². The van der Waals surface area contributed by atoms with Crippen LogP contribution in [-0.2, 0) is 9.84 Å². The van der Waals surface area contributed by atoms with Gasteiger partial charge in [0.1, 0.15) is 14.8 Å². The van der Waals surface area contributed by atoms with Crippen molar-refractivity contribution < 1.29 is 13.2 Å². The highest BCUT2D eigenvalue weighted by Crippen LogP contribution is 2.38. The van der Waals surface area contributed by atoms with Gasteiger partial charge in [0.2, 0.25) is 0 Å². The summed E-state index contributed by atoms with van der Waals surface area (Å²) >= 11 is 1.01. The summed E-state index contributed by atoms with van der Waals surface area (Å²) in [6, 6.07) is 0. The van der Waals surface area contributed by atoms with Crippen LogP contribution < -0.4 is 16.4 Å². The summed E-state index contributed by atoms with van der Waals surface area (Å²) in [6.45, 7) is 3.91. The van der Waals surface area contributed by atoms with Gasteiger partial charge in [-0.25, -0.2) is 8.42 Å². The number of amides is 1. The molecule has 4 N–H and O–H groups in total. The number of thiophene rings is 1. The van der Waals surface area contributed by atoms with Crippen molar-refractivity contribution in [2.24, 2.45) is 0 Å². The molecule has 1 rings (SSSR count). The Balaban J connectivity index is 3.41. The minimum Gasteiger partial charge on any atom is -0.396 e. The highest BCUT2D eigenvalue weighted by atomic mass is 32.2. The van der Waals surface area contributed by atoms with Crippen LogP contribution >= 0.6 is 11.3 Å². The zero-order valence-electron chi connectivity index (χ0n) is 10.1. The quantitative estimate of drug-likeness (QED) is 0.692. The molecule has 1 amide bonds. The van der Waals surface area contributed by atoms with Crippen LogP contribution in [0.1, 0.15) is 9.67 Å². The summed E-state index contributed by atoms with van der Waals surface area (Å²) in [4.78, 5) is 11.7. The molecule has 1 heterocycles. The Kier molecular flexibility index (Phi) is 4.36. The lowest BCUT2D eigenvalue weighted by Gasteiger charge is -2.03. The van der Waals surface area contributed by atoms with Gasteiger partial charge in [-0.05, 0) is 0 Å². The number of nitrogens with one attached hydrogen (secondary N) is 2. The predicted octanol–water partition coefficient (Wildman–Crippen LogP) is 0.691. The molecule has 0 unspecified atom stereocenters. The number of hydrogen-bond donors (Lipinski definition) is 3. The fourth-order valence-electron chi connectivity index (χ4n) is 1.36. The average molecular weight is 289 g/mol. The maximum absolute atomic E-state index is 11.7. The third-order valence-corrected chi connectivity index (χ3v) is 4.57. The highest BCUT2D eigenvalue weighted by molar-refractivity contribution is 7.91. The zero-order valence-corrected chi connectivity index (χ0v) is 11.7. The molecule has 1 aromatic rings. The van der Waals surface area contributed by atoms with E-state index in [0.717, 1.165) is 17.6 Å². The van der Waals surface area contributed by atoms with Gasteiger partial charge in [-0.3, -0.25) is 4.79 Å². The first kappa shape index (κ1) is 14.5. The molecule has 0 aromatic carbocycles. The Morgan fingerprint density at radius 2 is 2.17 bits per heavy atom. The maximum Gasteiger partial charge on any atom is 0.263 e. The smallest absolute Gasteiger partial charge is 0.263 e. The lowest BCUT2D eigenvalue weighted by atomic mass is 10.3. The normalized spacial score (nSPS) is 11.0. The second-order valence-electron chi connectivity index (χ2n) is 3.52. The van der Waals surface area contributed by atoms with E-state index >= 15 is 0 Å². The van der Waals surface area contributed by atoms with Gasteiger partial charge in [0.05, 0.1) is 5.69 Å². The van der Waals surface area contributed by atoms with E-state index in [1.807, 2.05) is 0 Å². The molecule has 6 nitrogen and oxygen atoms in total. The van der Waals surface area contributed by atoms with Crippen LogP contribution in [0.5, 0.6) is 0 Å². The number of rotatable bonds is 5. The summed E-state index contributed by atoms with van der Waals surface area (Å²) < 4.78 is 23.4. The molecular weight excluding hydrogens is 274 g/mol. The molecule has 0 saturated heterocycles. The Morgan fingerprint density at radius 1 is 1.56 bits per heavy atom. The van der Waals surface area contributed by atoms with Crippen molar-refractivity contribution in [2.75, 3.05) is 30.9 Å². The third-order valence-electron chi connectivity index (χ3n) is 2.11. The predicted molar refractivity (Wildman–Crippen MR) is 73.9 cm³/mol. The van der Waals surface area contributed by atoms with Crippen LogP contribution in [0.15, 0.2) is 17.6 Å². The summed E-state index contributed by atoms with van der Waals surface area (Å²) in [6.07, 6.45) is 2.64. The topological polar surface area (TPSA) is 101 Å². The largest absolute Gasteiger partial charge is 0.396 e. The molecule has 0 aliphatic rings. The molecule has 100 valence electrons. The van der Waals surface area contributed by atoms with E-state index in [1.54, 1.807) is 6.08 Å². The molecule has 1 aromatic heterocycles. The Labute approximate surface area is 110 Å². The molecular formula is C10H15N3O3S2. The Hall–Kier alpha value is -1.54. The van der Waals surface area contributed by atoms with Gasteiger partial charge in [-0.1, -0.05) is 6.08 Å². The number of anilines is 2. The van der Waals surface area contributed by atoms with Crippen LogP contribution in [0.4, 0.5) is 10.7 Å². The van der Waals surface area contributed by atoms with Crippen molar-refractivity contribution in [1.82, 2.24) is 5.32 Å². The summed E-state index contributed by atoms with van der Waals surface area (Å²) in [5, 5.41) is 5.64. The molecule has 0 aliphatic carbocycles. The molecule has 18 heavy (non-hydrogen) atoms. The summed E-state index contributed by atoms with van der Waals surface area (Å²) in [5.74, 6) is -0.408. The molecule has 0 atom stereocenters. The molecule has 0 fully saturated rings. The van der Waals surface area contributed by atoms with Crippen LogP contribution in [0.25, 0.3) is 0 Å². The minimum absolute atomic E-state index is 0.0200. The Bertz CT molecular complexity index is 575. The molecule has 0 bridgehead atoms. The van der Waals surface area contributed by atoms with E-state index in [-0.39, 0.29) is 15.5 Å². The van der Waals surface area contributed by atoms with Gasteiger partial charge in [-0.2, -0.15) is 0 Å². The van der Waals surface area contributed by atoms with Crippen molar-refractivity contribution in [3.63, 3.8) is 0 Å². The van der Waals surface area contributed by atoms with Crippen LogP contribution in [-0.4, -0.2) is 34.2 Å². The van der Waals surface area contributed by atoms with E-state index in [9.17, 15) is 13.2 Å². The van der Waals surface area contributed by atoms with Gasteiger partial charge in [0, 0.05) is 19.8 Å². The lowest BCUT2D eigenvalue weighted by molar-refractivity contribution is 0.0968. The second kappa shape index (κ2) is 5.40. The van der Waals surface area contributed by atoms with Crippen LogP contribution in [0, 0.1) is 0 Å². The number of nitrogens with two attached hydrogens (primary N) is 1. The summed E-state index contributed by atoms with van der Waals surface area (Å²) in [7, 11) is -2.05. The van der Waals surface area contributed by atoms with E-state index < -0.39 is 15.7 Å². The van der Waals surface area contributed by atoms with Crippen molar-refractivity contribution in [2.45, 2.75) is 4.90 Å². The minimum atomic E-state index is -3.51. The van der Waals surface area contributed by atoms with Crippen molar-refractivity contribution >= 4 is 37.8 Å². The number of hydrogen-bond acceptors (Lipinski definition) is 6. The van der Waals surface area contributed by atoms with E-state index in [0.29, 0.717) is 11.5 Å². The maximum atomic E-state index is 11.7. The first-order valence-corrected chi connectivity index (χ1v) is 7.72. The van der Waals surface area contributed by atoms with Crippen molar-refractivity contribution in [3.05, 3.63) is 17.5 Å². The standard InChI is InChI=1S/C10H15N3O3S2/c1-4-5-13-10-8(18(3,15)16)6(11)7(17-10)9(14)12-2/h4,13H,1,5,11H2,2-3H3,(H,12,14). The highest BCUT2D eigenvalue weighted by Gasteiger charge is 2.26. The van der Waals surface area contributed by atoms with Crippen molar-refractivity contribution in [3.8, 4) is 0 Å². The number of sulfone groups is 1. The van der Waals surface area contributed by atoms with E-state index in [2.05, 4.69) is 17.2 Å². The first-order valence-electron chi connectivity index (χ1n) is 5.02. The number of nitrogen functional groups attached to an aromatic ring is 1. The summed E-state index contributed by atoms with van der Waals surface area (Å²) in [5.41, 5.74) is 5.72. The van der Waals surface area contributed by atoms with E-state index in [4.69, 9.17) is 5.73 Å². The van der Waals surface area contributed by atoms with Gasteiger partial charge >= 0.3 is 0 Å². The van der Waals surface area contributed by atoms with Crippen molar-refractivity contribution in [1.29, 1.82) is 0 Å². The van der Waals surface area contributed by atoms with Gasteiger partial charge < -0.3 is 16.4 Å². The molecule has 8 heteroatoms. The molecule has 0 aliphatic heterocycles. The van der Waals surface area contributed by atoms with E-state index in [1.165, 1.54) is 7.05 Å². The monoisotopic (exact) mass is 289 g/mol. The lowest BCUT2D eigenvalue weighted by Crippen LogP contribution is -2.18. The molecule has 0 radical (unpaired) electrons. The fraction of sp³-hybridized carbons (Fsp3) is 0.300. The third kappa shape index (κ3) is 2.82. The van der Waals surface area contributed by atoms with Crippen LogP contribution in [0.2, 0.25) is 0 Å². The second-order valence-corrected chi connectivity index (χ2v) is 6.50.